The summed E-state index contributed by atoms with van der Waals surface area (Å²) < 4.78 is 17.5. The highest BCUT2D eigenvalue weighted by Crippen LogP contribution is 2.78. The number of ketones is 2. The third kappa shape index (κ3) is 2.10. The van der Waals surface area contributed by atoms with Crippen LogP contribution < -0.4 is 0 Å². The van der Waals surface area contributed by atoms with E-state index >= 15 is 0 Å². The predicted octanol–water partition coefficient (Wildman–Crippen LogP) is 3.39. The molecule has 5 aliphatic rings. The van der Waals surface area contributed by atoms with Gasteiger partial charge in [-0.2, -0.15) is 0 Å². The van der Waals surface area contributed by atoms with Crippen LogP contribution in [0.5, 0.6) is 0 Å². The maximum Gasteiger partial charge on any atom is 0.339 e. The highest BCUT2D eigenvalue weighted by atomic mass is 16.7. The van der Waals surface area contributed by atoms with Gasteiger partial charge in [0.25, 0.3) is 0 Å². The van der Waals surface area contributed by atoms with E-state index in [9.17, 15) is 19.5 Å². The quantitative estimate of drug-likeness (QED) is 0.510. The van der Waals surface area contributed by atoms with E-state index in [4.69, 9.17) is 13.9 Å². The number of fused-ring (bicyclic) bond motifs is 3. The lowest BCUT2D eigenvalue weighted by Crippen LogP contribution is -2.73. The van der Waals surface area contributed by atoms with Crippen molar-refractivity contribution in [1.82, 2.24) is 0 Å². The number of epoxide rings is 1. The minimum atomic E-state index is -1.02. The van der Waals surface area contributed by atoms with Crippen LogP contribution in [0.2, 0.25) is 0 Å². The third-order valence-electron chi connectivity index (χ3n) is 10.9. The second-order valence-electron chi connectivity index (χ2n) is 12.2. The molecule has 1 aromatic rings. The van der Waals surface area contributed by atoms with Gasteiger partial charge in [-0.3, -0.25) is 9.59 Å². The Balaban J connectivity index is 1.53. The Morgan fingerprint density at radius 2 is 1.70 bits per heavy atom. The average molecular weight is 457 g/mol. The van der Waals surface area contributed by atoms with Gasteiger partial charge in [-0.15, -0.1) is 0 Å². The van der Waals surface area contributed by atoms with Gasteiger partial charge in [0, 0.05) is 29.2 Å². The number of cyclic esters (lactones) is 1. The van der Waals surface area contributed by atoms with E-state index in [-0.39, 0.29) is 36.2 Å². The van der Waals surface area contributed by atoms with Crippen molar-refractivity contribution in [2.24, 2.45) is 33.5 Å². The molecule has 0 radical (unpaired) electrons. The molecule has 2 unspecified atom stereocenters. The fraction of sp³-hybridized carbons (Fsp3) is 0.731. The molecule has 5 fully saturated rings. The maximum absolute atomic E-state index is 14.1. The highest BCUT2D eigenvalue weighted by molar-refractivity contribution is 5.97. The SMILES string of the molecule is CC1(C)C2CC(=O)[C@]3(C)C(CC[C@@]4(C)[C@H](c5ccoc5)OC(=O)[C@H]5O[C@]543)[C@@]2(C)C(=O)C[C@H]1O. The molecule has 2 aliphatic heterocycles. The molecule has 6 rings (SSSR count). The summed E-state index contributed by atoms with van der Waals surface area (Å²) in [4.78, 5) is 40.8. The van der Waals surface area contributed by atoms with Gasteiger partial charge in [0.1, 0.15) is 23.3 Å². The number of esters is 1. The smallest absolute Gasteiger partial charge is 0.339 e. The Morgan fingerprint density at radius 1 is 0.970 bits per heavy atom. The molecule has 1 spiro atoms. The van der Waals surface area contributed by atoms with Gasteiger partial charge < -0.3 is 19.0 Å². The van der Waals surface area contributed by atoms with Crippen LogP contribution in [0.4, 0.5) is 0 Å². The van der Waals surface area contributed by atoms with Gasteiger partial charge in [0.05, 0.1) is 24.0 Å². The summed E-state index contributed by atoms with van der Waals surface area (Å²) in [5.41, 5.74) is -3.24. The topological polar surface area (TPSA) is 106 Å². The zero-order valence-corrected chi connectivity index (χ0v) is 19.8. The number of hydrogen-bond donors (Lipinski definition) is 1. The molecule has 178 valence electrons. The van der Waals surface area contributed by atoms with Gasteiger partial charge in [0.15, 0.2) is 6.10 Å². The molecular formula is C26H32O7. The van der Waals surface area contributed by atoms with Gasteiger partial charge in [0.2, 0.25) is 0 Å². The van der Waals surface area contributed by atoms with E-state index < -0.39 is 51.5 Å². The van der Waals surface area contributed by atoms with Crippen molar-refractivity contribution < 1.29 is 33.4 Å². The molecule has 0 aromatic carbocycles. The summed E-state index contributed by atoms with van der Waals surface area (Å²) in [6.45, 7) is 9.91. The third-order valence-corrected chi connectivity index (χ3v) is 10.9. The summed E-state index contributed by atoms with van der Waals surface area (Å²) in [7, 11) is 0. The standard InChI is InChI=1S/C26H32O7/c1-22(2)15-10-18(29)25(5)14(24(15,4)17(28)11-16(22)27)6-8-23(3)19(13-7-9-31-12-13)32-21(30)20-26(23,25)33-20/h7,9,12,14-16,19-20,27H,6,8,10-11H2,1-5H3/t14?,15?,16-,19+,20-,23+,24-,25+,26-/m1/s1. The van der Waals surface area contributed by atoms with E-state index in [1.165, 1.54) is 0 Å². The fourth-order valence-corrected chi connectivity index (χ4v) is 8.93. The summed E-state index contributed by atoms with van der Waals surface area (Å²) in [5, 5.41) is 10.7. The predicted molar refractivity (Wildman–Crippen MR) is 115 cm³/mol. The first-order chi connectivity index (χ1) is 15.4. The maximum atomic E-state index is 14.1. The van der Waals surface area contributed by atoms with Crippen LogP contribution in [0.15, 0.2) is 23.0 Å². The number of aliphatic hydroxyl groups excluding tert-OH is 1. The van der Waals surface area contributed by atoms with Gasteiger partial charge in [-0.25, -0.2) is 4.79 Å². The molecule has 7 nitrogen and oxygen atoms in total. The van der Waals surface area contributed by atoms with Gasteiger partial charge >= 0.3 is 5.97 Å². The Bertz CT molecular complexity index is 1070. The monoisotopic (exact) mass is 456 g/mol. The Kier molecular flexibility index (Phi) is 3.90. The lowest BCUT2D eigenvalue weighted by molar-refractivity contribution is -0.225. The van der Waals surface area contributed by atoms with E-state index in [0.717, 1.165) is 5.56 Å². The molecule has 3 aliphatic carbocycles. The van der Waals surface area contributed by atoms with Crippen molar-refractivity contribution in [3.05, 3.63) is 24.2 Å². The van der Waals surface area contributed by atoms with Crippen LogP contribution in [0.25, 0.3) is 0 Å². The second kappa shape index (κ2) is 5.98. The first-order valence-corrected chi connectivity index (χ1v) is 12.0. The average Bonchev–Trinajstić information content (AvgIpc) is 3.32. The van der Waals surface area contributed by atoms with E-state index in [0.29, 0.717) is 12.8 Å². The largest absolute Gasteiger partial charge is 0.472 e. The van der Waals surface area contributed by atoms with Crippen LogP contribution in [0, 0.1) is 33.5 Å². The van der Waals surface area contributed by atoms with Crippen molar-refractivity contribution in [1.29, 1.82) is 0 Å². The van der Waals surface area contributed by atoms with Crippen molar-refractivity contribution in [2.45, 2.75) is 84.2 Å². The highest BCUT2D eigenvalue weighted by Gasteiger charge is 2.88. The molecule has 1 N–H and O–H groups in total. The summed E-state index contributed by atoms with van der Waals surface area (Å²) in [5.74, 6) is -0.940. The summed E-state index contributed by atoms with van der Waals surface area (Å²) in [6, 6.07) is 1.79. The Morgan fingerprint density at radius 3 is 2.36 bits per heavy atom. The number of carbonyl (C=O) groups excluding carboxylic acids is 3. The van der Waals surface area contributed by atoms with Crippen molar-refractivity contribution >= 4 is 17.5 Å². The molecule has 3 heterocycles. The first-order valence-electron chi connectivity index (χ1n) is 12.0. The minimum Gasteiger partial charge on any atom is -0.472 e. The van der Waals surface area contributed by atoms with Crippen molar-refractivity contribution in [2.75, 3.05) is 0 Å². The molecule has 1 aromatic heterocycles. The molecule has 7 heteroatoms. The Labute approximate surface area is 193 Å². The molecule has 2 saturated heterocycles. The van der Waals surface area contributed by atoms with Crippen molar-refractivity contribution in [3.8, 4) is 0 Å². The van der Waals surface area contributed by atoms with E-state index in [1.807, 2.05) is 27.7 Å². The fourth-order valence-electron chi connectivity index (χ4n) is 8.93. The molecule has 9 atom stereocenters. The lowest BCUT2D eigenvalue weighted by atomic mass is 9.35. The van der Waals surface area contributed by atoms with Crippen LogP contribution in [0.1, 0.15) is 72.0 Å². The second-order valence-corrected chi connectivity index (χ2v) is 12.2. The number of aliphatic hydroxyl groups is 1. The van der Waals surface area contributed by atoms with Crippen molar-refractivity contribution in [3.63, 3.8) is 0 Å². The molecule has 3 saturated carbocycles. The summed E-state index contributed by atoms with van der Waals surface area (Å²) in [6.07, 6.45) is 2.56. The van der Waals surface area contributed by atoms with Crippen LogP contribution in [-0.4, -0.2) is 40.5 Å². The van der Waals surface area contributed by atoms with Gasteiger partial charge in [-0.1, -0.05) is 27.7 Å². The lowest BCUT2D eigenvalue weighted by Gasteiger charge is -2.67. The molecule has 0 amide bonds. The van der Waals surface area contributed by atoms with E-state index in [1.54, 1.807) is 18.6 Å². The number of hydrogen-bond acceptors (Lipinski definition) is 7. The normalized spacial score (nSPS) is 52.2. The molecule has 0 bridgehead atoms. The van der Waals surface area contributed by atoms with Crippen LogP contribution in [0.3, 0.4) is 0 Å². The van der Waals surface area contributed by atoms with E-state index in [2.05, 4.69) is 6.92 Å². The summed E-state index contributed by atoms with van der Waals surface area (Å²) >= 11 is 0. The number of ether oxygens (including phenoxy) is 2. The molecule has 33 heavy (non-hydrogen) atoms. The van der Waals surface area contributed by atoms with Crippen LogP contribution in [-0.2, 0) is 23.9 Å². The Hall–Kier alpha value is -1.99. The number of furan rings is 1. The molecular weight excluding hydrogens is 424 g/mol. The van der Waals surface area contributed by atoms with Crippen LogP contribution >= 0.6 is 0 Å². The minimum absolute atomic E-state index is 0.0185. The number of carbonyl (C=O) groups is 3. The first kappa shape index (κ1) is 21.5. The zero-order chi connectivity index (χ0) is 23.8. The number of Topliss-reactive ketones (excluding diaryl/α,β-unsaturated/α-hetero) is 2. The number of rotatable bonds is 1. The van der Waals surface area contributed by atoms with Gasteiger partial charge in [-0.05, 0) is 43.1 Å². The zero-order valence-electron chi connectivity index (χ0n) is 19.8.